The number of aryl methyl sites for hydroxylation is 1. The summed E-state index contributed by atoms with van der Waals surface area (Å²) in [7, 11) is 0. The number of fused-ring (bicyclic) bond motifs is 1. The van der Waals surface area contributed by atoms with Crippen LogP contribution in [0.15, 0.2) is 30.3 Å². The zero-order valence-corrected chi connectivity index (χ0v) is 11.0. The average molecular weight is 294 g/mol. The van der Waals surface area contributed by atoms with Gasteiger partial charge >= 0.3 is 6.18 Å². The number of nitrogens with zero attached hydrogens (tertiary/aromatic N) is 2. The lowest BCUT2D eigenvalue weighted by atomic mass is 10.1. The van der Waals surface area contributed by atoms with Gasteiger partial charge in [0, 0.05) is 6.07 Å². The van der Waals surface area contributed by atoms with Gasteiger partial charge in [0.2, 0.25) is 5.82 Å². The van der Waals surface area contributed by atoms with Gasteiger partial charge in [-0.3, -0.25) is 0 Å². The Morgan fingerprint density at radius 3 is 2.71 bits per heavy atom. The molecule has 2 aromatic rings. The zero-order valence-electron chi connectivity index (χ0n) is 11.0. The fourth-order valence-electron chi connectivity index (χ4n) is 2.55. The SMILES string of the molecule is Nc1cc(NC2CCc3ccccc32)nc(C(F)(F)F)n1. The van der Waals surface area contributed by atoms with Crippen molar-refractivity contribution in [2.45, 2.75) is 25.1 Å². The van der Waals surface area contributed by atoms with E-state index in [0.29, 0.717) is 0 Å². The van der Waals surface area contributed by atoms with Crippen LogP contribution in [-0.4, -0.2) is 9.97 Å². The number of nitrogens with two attached hydrogens (primary N) is 1. The van der Waals surface area contributed by atoms with Gasteiger partial charge in [0.25, 0.3) is 0 Å². The van der Waals surface area contributed by atoms with Crippen LogP contribution >= 0.6 is 0 Å². The summed E-state index contributed by atoms with van der Waals surface area (Å²) in [5, 5.41) is 3.02. The van der Waals surface area contributed by atoms with E-state index in [2.05, 4.69) is 15.3 Å². The van der Waals surface area contributed by atoms with E-state index >= 15 is 0 Å². The van der Waals surface area contributed by atoms with Gasteiger partial charge in [-0.2, -0.15) is 13.2 Å². The molecule has 1 atom stereocenters. The fourth-order valence-corrected chi connectivity index (χ4v) is 2.55. The smallest absolute Gasteiger partial charge is 0.384 e. The van der Waals surface area contributed by atoms with Crippen molar-refractivity contribution in [2.24, 2.45) is 0 Å². The standard InChI is InChI=1S/C14H13F3N4/c15-14(16,17)13-20-11(18)7-12(21-13)19-10-6-5-8-3-1-2-4-9(8)10/h1-4,7,10H,5-6H2,(H3,18,19,20,21). The van der Waals surface area contributed by atoms with E-state index in [9.17, 15) is 13.2 Å². The van der Waals surface area contributed by atoms with Crippen LogP contribution in [0.4, 0.5) is 24.8 Å². The van der Waals surface area contributed by atoms with Crippen LogP contribution in [0, 0.1) is 0 Å². The van der Waals surface area contributed by atoms with E-state index in [1.165, 1.54) is 11.6 Å². The summed E-state index contributed by atoms with van der Waals surface area (Å²) in [6.07, 6.45) is -2.91. The summed E-state index contributed by atoms with van der Waals surface area (Å²) in [5.74, 6) is -1.33. The average Bonchev–Trinajstić information content (AvgIpc) is 2.81. The summed E-state index contributed by atoms with van der Waals surface area (Å²) in [5.41, 5.74) is 7.72. The predicted octanol–water partition coefficient (Wildman–Crippen LogP) is 3.18. The molecule has 7 heteroatoms. The number of anilines is 2. The monoisotopic (exact) mass is 294 g/mol. The van der Waals surface area contributed by atoms with Crippen molar-refractivity contribution in [3.05, 3.63) is 47.3 Å². The minimum atomic E-state index is -4.61. The summed E-state index contributed by atoms with van der Waals surface area (Å²) < 4.78 is 38.1. The highest BCUT2D eigenvalue weighted by Gasteiger charge is 2.35. The van der Waals surface area contributed by atoms with Crippen LogP contribution in [0.5, 0.6) is 0 Å². The summed E-state index contributed by atoms with van der Waals surface area (Å²) in [4.78, 5) is 6.74. The molecule has 4 nitrogen and oxygen atoms in total. The second-order valence-electron chi connectivity index (χ2n) is 4.93. The maximum atomic E-state index is 12.7. The van der Waals surface area contributed by atoms with Crippen molar-refractivity contribution in [2.75, 3.05) is 11.1 Å². The second kappa shape index (κ2) is 4.91. The molecule has 0 fully saturated rings. The third kappa shape index (κ3) is 2.76. The van der Waals surface area contributed by atoms with E-state index in [0.717, 1.165) is 18.4 Å². The third-order valence-corrected chi connectivity index (χ3v) is 3.45. The quantitative estimate of drug-likeness (QED) is 0.893. The summed E-state index contributed by atoms with van der Waals surface area (Å²) in [6, 6.07) is 9.11. The molecule has 0 saturated heterocycles. The molecule has 1 heterocycles. The van der Waals surface area contributed by atoms with Gasteiger partial charge in [0.1, 0.15) is 11.6 Å². The molecule has 0 saturated carbocycles. The maximum Gasteiger partial charge on any atom is 0.451 e. The van der Waals surface area contributed by atoms with E-state index in [1.54, 1.807) is 0 Å². The lowest BCUT2D eigenvalue weighted by Gasteiger charge is -2.16. The van der Waals surface area contributed by atoms with E-state index in [-0.39, 0.29) is 17.7 Å². The predicted molar refractivity (Wildman–Crippen MR) is 72.6 cm³/mol. The molecule has 1 aromatic heterocycles. The first-order valence-corrected chi connectivity index (χ1v) is 6.49. The third-order valence-electron chi connectivity index (χ3n) is 3.45. The van der Waals surface area contributed by atoms with Gasteiger partial charge in [0.15, 0.2) is 0 Å². The Morgan fingerprint density at radius 1 is 1.19 bits per heavy atom. The van der Waals surface area contributed by atoms with E-state index in [1.807, 2.05) is 24.3 Å². The highest BCUT2D eigenvalue weighted by Crippen LogP contribution is 2.34. The highest BCUT2D eigenvalue weighted by molar-refractivity contribution is 5.48. The molecule has 0 radical (unpaired) electrons. The van der Waals surface area contributed by atoms with Crippen molar-refractivity contribution in [1.82, 2.24) is 9.97 Å². The molecule has 110 valence electrons. The van der Waals surface area contributed by atoms with Crippen LogP contribution in [0.25, 0.3) is 0 Å². The highest BCUT2D eigenvalue weighted by atomic mass is 19.4. The normalized spacial score (nSPS) is 17.6. The van der Waals surface area contributed by atoms with Crippen LogP contribution < -0.4 is 11.1 Å². The van der Waals surface area contributed by atoms with E-state index < -0.39 is 12.0 Å². The first-order chi connectivity index (χ1) is 9.93. The van der Waals surface area contributed by atoms with Gasteiger partial charge in [-0.05, 0) is 24.0 Å². The van der Waals surface area contributed by atoms with Crippen LogP contribution in [0.3, 0.4) is 0 Å². The molecule has 1 aliphatic rings. The Kier molecular flexibility index (Phi) is 3.19. The molecule has 0 bridgehead atoms. The number of halogens is 3. The molecule has 1 aliphatic carbocycles. The molecule has 21 heavy (non-hydrogen) atoms. The Bertz CT molecular complexity index is 670. The Hall–Kier alpha value is -2.31. The zero-order chi connectivity index (χ0) is 15.0. The van der Waals surface area contributed by atoms with Crippen molar-refractivity contribution in [3.8, 4) is 0 Å². The van der Waals surface area contributed by atoms with Crippen LogP contribution in [0.2, 0.25) is 0 Å². The number of aromatic nitrogens is 2. The van der Waals surface area contributed by atoms with Gasteiger partial charge < -0.3 is 11.1 Å². The molecule has 3 rings (SSSR count). The summed E-state index contributed by atoms with van der Waals surface area (Å²) in [6.45, 7) is 0. The van der Waals surface area contributed by atoms with Crippen molar-refractivity contribution in [1.29, 1.82) is 0 Å². The molecular weight excluding hydrogens is 281 g/mol. The van der Waals surface area contributed by atoms with Crippen LogP contribution in [-0.2, 0) is 12.6 Å². The van der Waals surface area contributed by atoms with Crippen molar-refractivity contribution < 1.29 is 13.2 Å². The number of benzene rings is 1. The number of rotatable bonds is 2. The number of nitrogen functional groups attached to an aromatic ring is 1. The van der Waals surface area contributed by atoms with Gasteiger partial charge in [-0.1, -0.05) is 24.3 Å². The largest absolute Gasteiger partial charge is 0.451 e. The van der Waals surface area contributed by atoms with Gasteiger partial charge in [-0.15, -0.1) is 0 Å². The topological polar surface area (TPSA) is 63.8 Å². The molecular formula is C14H13F3N4. The number of alkyl halides is 3. The Morgan fingerprint density at radius 2 is 1.95 bits per heavy atom. The molecule has 1 aromatic carbocycles. The fraction of sp³-hybridized carbons (Fsp3) is 0.286. The second-order valence-corrected chi connectivity index (χ2v) is 4.93. The van der Waals surface area contributed by atoms with Crippen LogP contribution in [0.1, 0.15) is 29.4 Å². The molecule has 1 unspecified atom stereocenters. The van der Waals surface area contributed by atoms with Gasteiger partial charge in [0.05, 0.1) is 6.04 Å². The maximum absolute atomic E-state index is 12.7. The molecule has 0 amide bonds. The molecule has 3 N–H and O–H groups in total. The first kappa shape index (κ1) is 13.7. The lowest BCUT2D eigenvalue weighted by Crippen LogP contribution is -2.16. The van der Waals surface area contributed by atoms with Gasteiger partial charge in [-0.25, -0.2) is 9.97 Å². The van der Waals surface area contributed by atoms with Crippen molar-refractivity contribution >= 4 is 11.6 Å². The number of nitrogens with one attached hydrogen (secondary N) is 1. The Labute approximate surface area is 119 Å². The number of hydrogen-bond donors (Lipinski definition) is 2. The van der Waals surface area contributed by atoms with E-state index in [4.69, 9.17) is 5.73 Å². The van der Waals surface area contributed by atoms with Crippen molar-refractivity contribution in [3.63, 3.8) is 0 Å². The lowest BCUT2D eigenvalue weighted by molar-refractivity contribution is -0.144. The first-order valence-electron chi connectivity index (χ1n) is 6.49. The minimum absolute atomic E-state index is 0.0587. The Balaban J connectivity index is 1.88. The summed E-state index contributed by atoms with van der Waals surface area (Å²) >= 11 is 0. The minimum Gasteiger partial charge on any atom is -0.384 e. The molecule has 0 aliphatic heterocycles. The number of hydrogen-bond acceptors (Lipinski definition) is 4. The molecule has 0 spiro atoms.